The number of carbonyl (C=O) groups is 1. The molecule has 0 spiro atoms. The number of rotatable bonds is 5. The van der Waals surface area contributed by atoms with Crippen molar-refractivity contribution in [1.29, 1.82) is 0 Å². The van der Waals surface area contributed by atoms with E-state index in [1.807, 2.05) is 61.5 Å². The second kappa shape index (κ2) is 7.61. The van der Waals surface area contributed by atoms with Crippen LogP contribution in [0.2, 0.25) is 0 Å². The van der Waals surface area contributed by atoms with Crippen LogP contribution in [0.1, 0.15) is 29.7 Å². The molecule has 0 saturated carbocycles. The number of aliphatic hydroxyl groups excluding tert-OH is 1. The van der Waals surface area contributed by atoms with Gasteiger partial charge in [0.25, 0.3) is 0 Å². The van der Waals surface area contributed by atoms with Crippen LogP contribution in [0.3, 0.4) is 0 Å². The first-order chi connectivity index (χ1) is 10.6. The molecule has 0 heterocycles. The third kappa shape index (κ3) is 4.33. The van der Waals surface area contributed by atoms with Crippen molar-refractivity contribution in [2.75, 3.05) is 6.61 Å². The topological polar surface area (TPSA) is 61.4 Å². The second-order valence-electron chi connectivity index (χ2n) is 5.46. The molecule has 0 fully saturated rings. The van der Waals surface area contributed by atoms with E-state index in [1.54, 1.807) is 6.92 Å². The molecule has 0 aromatic heterocycles. The Kier molecular flexibility index (Phi) is 5.55. The van der Waals surface area contributed by atoms with Crippen LogP contribution in [-0.4, -0.2) is 23.8 Å². The van der Waals surface area contributed by atoms with Gasteiger partial charge >= 0.3 is 6.03 Å². The van der Waals surface area contributed by atoms with Gasteiger partial charge in [-0.15, -0.1) is 0 Å². The number of benzene rings is 2. The van der Waals surface area contributed by atoms with E-state index in [1.165, 1.54) is 5.56 Å². The average Bonchev–Trinajstić information content (AvgIpc) is 2.54. The Labute approximate surface area is 131 Å². The lowest BCUT2D eigenvalue weighted by Crippen LogP contribution is -2.43. The van der Waals surface area contributed by atoms with Crippen molar-refractivity contribution in [1.82, 2.24) is 10.6 Å². The molecule has 2 aromatic rings. The number of hydrogen-bond donors (Lipinski definition) is 3. The molecule has 2 amide bonds. The van der Waals surface area contributed by atoms with Gasteiger partial charge in [-0.2, -0.15) is 0 Å². The number of aliphatic hydroxyl groups is 1. The lowest BCUT2D eigenvalue weighted by Gasteiger charge is -2.21. The molecule has 2 unspecified atom stereocenters. The standard InChI is InChI=1S/C18H22N2O2/c1-13-8-10-16(11-9-13)17(15-6-4-3-5-7-15)20-18(22)19-14(2)12-21/h3-11,14,17,21H,12H2,1-2H3,(H2,19,20,22). The van der Waals surface area contributed by atoms with Crippen molar-refractivity contribution < 1.29 is 9.90 Å². The summed E-state index contributed by atoms with van der Waals surface area (Å²) in [6.07, 6.45) is 0. The van der Waals surface area contributed by atoms with E-state index in [-0.39, 0.29) is 24.7 Å². The van der Waals surface area contributed by atoms with E-state index >= 15 is 0 Å². The van der Waals surface area contributed by atoms with Gasteiger partial charge in [0.05, 0.1) is 18.7 Å². The summed E-state index contributed by atoms with van der Waals surface area (Å²) in [5.74, 6) is 0. The zero-order chi connectivity index (χ0) is 15.9. The first-order valence-electron chi connectivity index (χ1n) is 7.39. The molecular formula is C18H22N2O2. The Morgan fingerprint density at radius 2 is 1.59 bits per heavy atom. The van der Waals surface area contributed by atoms with Crippen molar-refractivity contribution in [3.8, 4) is 0 Å². The SMILES string of the molecule is Cc1ccc(C(NC(=O)NC(C)CO)c2ccccc2)cc1. The second-order valence-corrected chi connectivity index (χ2v) is 5.46. The number of carbonyl (C=O) groups excluding carboxylic acids is 1. The van der Waals surface area contributed by atoms with Crippen molar-refractivity contribution in [3.05, 3.63) is 71.3 Å². The van der Waals surface area contributed by atoms with Gasteiger partial charge in [-0.25, -0.2) is 4.79 Å². The summed E-state index contributed by atoms with van der Waals surface area (Å²) in [6.45, 7) is 3.70. The summed E-state index contributed by atoms with van der Waals surface area (Å²) < 4.78 is 0. The van der Waals surface area contributed by atoms with Gasteiger partial charge in [-0.3, -0.25) is 0 Å². The van der Waals surface area contributed by atoms with Gasteiger partial charge in [0.15, 0.2) is 0 Å². The Morgan fingerprint density at radius 3 is 2.18 bits per heavy atom. The Morgan fingerprint density at radius 1 is 1.00 bits per heavy atom. The molecule has 4 heteroatoms. The maximum Gasteiger partial charge on any atom is 0.315 e. The highest BCUT2D eigenvalue weighted by Gasteiger charge is 2.17. The molecule has 0 aliphatic rings. The molecule has 0 aliphatic carbocycles. The molecular weight excluding hydrogens is 276 g/mol. The van der Waals surface area contributed by atoms with Crippen LogP contribution in [0.4, 0.5) is 4.79 Å². The molecule has 2 atom stereocenters. The summed E-state index contributed by atoms with van der Waals surface area (Å²) in [7, 11) is 0. The van der Waals surface area contributed by atoms with E-state index in [0.717, 1.165) is 11.1 Å². The predicted molar refractivity (Wildman–Crippen MR) is 87.7 cm³/mol. The number of aryl methyl sites for hydroxylation is 1. The van der Waals surface area contributed by atoms with Crippen molar-refractivity contribution in [2.24, 2.45) is 0 Å². The fraction of sp³-hybridized carbons (Fsp3) is 0.278. The summed E-state index contributed by atoms with van der Waals surface area (Å²) in [5.41, 5.74) is 3.20. The Balaban J connectivity index is 2.22. The maximum atomic E-state index is 12.1. The summed E-state index contributed by atoms with van der Waals surface area (Å²) in [5, 5.41) is 14.7. The molecule has 2 rings (SSSR count). The molecule has 0 saturated heterocycles. The van der Waals surface area contributed by atoms with Crippen LogP contribution in [0.15, 0.2) is 54.6 Å². The summed E-state index contributed by atoms with van der Waals surface area (Å²) in [4.78, 5) is 12.1. The van der Waals surface area contributed by atoms with E-state index in [0.29, 0.717) is 0 Å². The fourth-order valence-corrected chi connectivity index (χ4v) is 2.21. The highest BCUT2D eigenvalue weighted by atomic mass is 16.3. The number of amides is 2. The predicted octanol–water partition coefficient (Wildman–Crippen LogP) is 2.76. The van der Waals surface area contributed by atoms with Crippen molar-refractivity contribution in [2.45, 2.75) is 25.9 Å². The van der Waals surface area contributed by atoms with Gasteiger partial charge in [0, 0.05) is 0 Å². The molecule has 2 aromatic carbocycles. The zero-order valence-electron chi connectivity index (χ0n) is 12.9. The number of urea groups is 1. The zero-order valence-corrected chi connectivity index (χ0v) is 12.9. The van der Waals surface area contributed by atoms with Crippen molar-refractivity contribution in [3.63, 3.8) is 0 Å². The van der Waals surface area contributed by atoms with Gasteiger partial charge < -0.3 is 15.7 Å². The lowest BCUT2D eigenvalue weighted by molar-refractivity contribution is 0.219. The van der Waals surface area contributed by atoms with Crippen LogP contribution >= 0.6 is 0 Å². The minimum Gasteiger partial charge on any atom is -0.394 e. The molecule has 4 nitrogen and oxygen atoms in total. The van der Waals surface area contributed by atoms with Gasteiger partial charge in [0.2, 0.25) is 0 Å². The minimum absolute atomic E-state index is 0.0893. The van der Waals surface area contributed by atoms with Gasteiger partial charge in [-0.1, -0.05) is 60.2 Å². The molecule has 0 radical (unpaired) electrons. The largest absolute Gasteiger partial charge is 0.394 e. The molecule has 22 heavy (non-hydrogen) atoms. The number of hydrogen-bond acceptors (Lipinski definition) is 2. The summed E-state index contributed by atoms with van der Waals surface area (Å²) >= 11 is 0. The van der Waals surface area contributed by atoms with E-state index in [2.05, 4.69) is 10.6 Å². The highest BCUT2D eigenvalue weighted by molar-refractivity contribution is 5.75. The fourth-order valence-electron chi connectivity index (χ4n) is 2.21. The molecule has 116 valence electrons. The van der Waals surface area contributed by atoms with Gasteiger partial charge in [-0.05, 0) is 25.0 Å². The van der Waals surface area contributed by atoms with Crippen molar-refractivity contribution >= 4 is 6.03 Å². The Bertz CT molecular complexity index is 596. The molecule has 0 aliphatic heterocycles. The van der Waals surface area contributed by atoms with Crippen LogP contribution in [0.25, 0.3) is 0 Å². The van der Waals surface area contributed by atoms with Gasteiger partial charge in [0.1, 0.15) is 0 Å². The third-order valence-corrected chi connectivity index (χ3v) is 3.47. The normalized spacial score (nSPS) is 13.2. The lowest BCUT2D eigenvalue weighted by atomic mass is 9.98. The smallest absolute Gasteiger partial charge is 0.315 e. The van der Waals surface area contributed by atoms with E-state index in [9.17, 15) is 4.79 Å². The molecule has 0 bridgehead atoms. The van der Waals surface area contributed by atoms with Crippen LogP contribution in [-0.2, 0) is 0 Å². The molecule has 3 N–H and O–H groups in total. The first kappa shape index (κ1) is 16.0. The van der Waals surface area contributed by atoms with Crippen LogP contribution < -0.4 is 10.6 Å². The highest BCUT2D eigenvalue weighted by Crippen LogP contribution is 2.22. The van der Waals surface area contributed by atoms with E-state index in [4.69, 9.17) is 5.11 Å². The number of nitrogens with one attached hydrogen (secondary N) is 2. The monoisotopic (exact) mass is 298 g/mol. The Hall–Kier alpha value is -2.33. The maximum absolute atomic E-state index is 12.1. The first-order valence-corrected chi connectivity index (χ1v) is 7.39. The quantitative estimate of drug-likeness (QED) is 0.795. The summed E-state index contributed by atoms with van der Waals surface area (Å²) in [6, 6.07) is 17.1. The average molecular weight is 298 g/mol. The minimum atomic E-state index is -0.295. The van der Waals surface area contributed by atoms with Crippen LogP contribution in [0.5, 0.6) is 0 Å². The third-order valence-electron chi connectivity index (χ3n) is 3.47. The van der Waals surface area contributed by atoms with E-state index < -0.39 is 0 Å². The van der Waals surface area contributed by atoms with Crippen LogP contribution in [0, 0.1) is 6.92 Å².